The normalized spacial score (nSPS) is 24.4. The Balaban J connectivity index is 2.12. The Morgan fingerprint density at radius 3 is 2.89 bits per heavy atom. The second-order valence-corrected chi connectivity index (χ2v) is 5.94. The lowest BCUT2D eigenvalue weighted by molar-refractivity contribution is -0.0526. The van der Waals surface area contributed by atoms with Crippen LogP contribution in [0.1, 0.15) is 25.0 Å². The number of morpholine rings is 1. The second kappa shape index (κ2) is 6.18. The number of ether oxygens (including phenoxy) is 1. The molecule has 1 heterocycles. The molecule has 3 nitrogen and oxygen atoms in total. The third kappa shape index (κ3) is 3.66. The second-order valence-electron chi connectivity index (χ2n) is 5.09. The molecule has 1 aromatic rings. The first-order valence-electron chi connectivity index (χ1n) is 6.41. The Morgan fingerprint density at radius 1 is 1.53 bits per heavy atom. The fourth-order valence-corrected chi connectivity index (χ4v) is 2.61. The third-order valence-electron chi connectivity index (χ3n) is 3.45. The van der Waals surface area contributed by atoms with Crippen molar-refractivity contribution in [1.82, 2.24) is 4.90 Å². The number of nitrogens with zero attached hydrogens (tertiary/aromatic N) is 1. The zero-order valence-electron chi connectivity index (χ0n) is 11.2. The van der Waals surface area contributed by atoms with Gasteiger partial charge in [-0.15, -0.1) is 0 Å². The molecule has 0 amide bonds. The molecule has 2 rings (SSSR count). The van der Waals surface area contributed by atoms with Crippen LogP contribution in [0.4, 0.5) is 0 Å². The van der Waals surface area contributed by atoms with Gasteiger partial charge in [0.1, 0.15) is 4.99 Å². The van der Waals surface area contributed by atoms with Gasteiger partial charge < -0.3 is 10.5 Å². The molecule has 1 saturated heterocycles. The molecule has 2 N–H and O–H groups in total. The Hall–Kier alpha value is -0.680. The molecule has 2 atom stereocenters. The summed E-state index contributed by atoms with van der Waals surface area (Å²) >= 11 is 11.3. The number of hydrogen-bond acceptors (Lipinski definition) is 3. The van der Waals surface area contributed by atoms with Crippen molar-refractivity contribution >= 4 is 28.8 Å². The predicted octanol–water partition coefficient (Wildman–Crippen LogP) is 2.58. The SMILES string of the molecule is CC1CN(Cc2ccc(C(N)=S)cc2Cl)C(C)CO1. The van der Waals surface area contributed by atoms with Gasteiger partial charge in [0.05, 0.1) is 12.7 Å². The van der Waals surface area contributed by atoms with Crippen LogP contribution in [-0.4, -0.2) is 35.2 Å². The lowest BCUT2D eigenvalue weighted by Crippen LogP contribution is -2.46. The summed E-state index contributed by atoms with van der Waals surface area (Å²) < 4.78 is 5.63. The lowest BCUT2D eigenvalue weighted by atomic mass is 10.1. The van der Waals surface area contributed by atoms with Crippen LogP contribution in [0.2, 0.25) is 5.02 Å². The van der Waals surface area contributed by atoms with Crippen LogP contribution in [-0.2, 0) is 11.3 Å². The molecule has 19 heavy (non-hydrogen) atoms. The van der Waals surface area contributed by atoms with Gasteiger partial charge in [-0.05, 0) is 25.5 Å². The largest absolute Gasteiger partial charge is 0.389 e. The molecule has 1 fully saturated rings. The number of thiocarbonyl (C=S) groups is 1. The standard InChI is InChI=1S/C14H19ClN2OS/c1-9-8-18-10(2)6-17(9)7-12-4-3-11(14(16)19)5-13(12)15/h3-5,9-10H,6-8H2,1-2H3,(H2,16,19). The first-order chi connectivity index (χ1) is 8.97. The van der Waals surface area contributed by atoms with Gasteiger partial charge in [-0.2, -0.15) is 0 Å². The highest BCUT2D eigenvalue weighted by Gasteiger charge is 2.23. The third-order valence-corrected chi connectivity index (χ3v) is 4.04. The summed E-state index contributed by atoms with van der Waals surface area (Å²) in [6, 6.07) is 6.18. The quantitative estimate of drug-likeness (QED) is 0.871. The number of benzene rings is 1. The van der Waals surface area contributed by atoms with E-state index < -0.39 is 0 Å². The fourth-order valence-electron chi connectivity index (χ4n) is 2.24. The van der Waals surface area contributed by atoms with E-state index in [4.69, 9.17) is 34.3 Å². The van der Waals surface area contributed by atoms with Gasteiger partial charge in [0.15, 0.2) is 0 Å². The van der Waals surface area contributed by atoms with Gasteiger partial charge in [-0.3, -0.25) is 4.90 Å². The Kier molecular flexibility index (Phi) is 4.79. The zero-order valence-corrected chi connectivity index (χ0v) is 12.8. The maximum Gasteiger partial charge on any atom is 0.104 e. The summed E-state index contributed by atoms with van der Waals surface area (Å²) in [5.74, 6) is 0. The lowest BCUT2D eigenvalue weighted by Gasteiger charge is -2.36. The Morgan fingerprint density at radius 2 is 2.26 bits per heavy atom. The number of halogens is 1. The summed E-state index contributed by atoms with van der Waals surface area (Å²) in [5, 5.41) is 0.719. The average Bonchev–Trinajstić information content (AvgIpc) is 2.36. The topological polar surface area (TPSA) is 38.5 Å². The van der Waals surface area contributed by atoms with Crippen LogP contribution < -0.4 is 5.73 Å². The predicted molar refractivity (Wildman–Crippen MR) is 82.6 cm³/mol. The Labute approximate surface area is 124 Å². The van der Waals surface area contributed by atoms with Crippen molar-refractivity contribution in [3.05, 3.63) is 34.3 Å². The molecule has 5 heteroatoms. The van der Waals surface area contributed by atoms with E-state index in [1.54, 1.807) is 0 Å². The molecule has 0 aliphatic carbocycles. The van der Waals surface area contributed by atoms with Gasteiger partial charge in [-0.25, -0.2) is 0 Å². The van der Waals surface area contributed by atoms with Gasteiger partial charge in [0.25, 0.3) is 0 Å². The van der Waals surface area contributed by atoms with E-state index in [0.717, 1.165) is 35.8 Å². The van der Waals surface area contributed by atoms with Crippen molar-refractivity contribution in [3.8, 4) is 0 Å². The highest BCUT2D eigenvalue weighted by molar-refractivity contribution is 7.80. The molecular weight excluding hydrogens is 280 g/mol. The first-order valence-corrected chi connectivity index (χ1v) is 7.20. The van der Waals surface area contributed by atoms with Gasteiger partial charge in [0, 0.05) is 29.7 Å². The maximum atomic E-state index is 6.30. The number of rotatable bonds is 3. The van der Waals surface area contributed by atoms with E-state index in [9.17, 15) is 0 Å². The van der Waals surface area contributed by atoms with E-state index in [2.05, 4.69) is 18.7 Å². The molecule has 1 aromatic carbocycles. The minimum Gasteiger partial charge on any atom is -0.389 e. The van der Waals surface area contributed by atoms with Gasteiger partial charge in [-0.1, -0.05) is 36.0 Å². The van der Waals surface area contributed by atoms with Crippen molar-refractivity contribution in [2.45, 2.75) is 32.5 Å². The smallest absolute Gasteiger partial charge is 0.104 e. The van der Waals surface area contributed by atoms with Crippen LogP contribution in [0.3, 0.4) is 0 Å². The summed E-state index contributed by atoms with van der Waals surface area (Å²) in [6.45, 7) is 6.78. The van der Waals surface area contributed by atoms with E-state index in [1.807, 2.05) is 18.2 Å². The summed E-state index contributed by atoms with van der Waals surface area (Å²) in [4.78, 5) is 2.76. The zero-order chi connectivity index (χ0) is 14.0. The van der Waals surface area contributed by atoms with E-state index in [1.165, 1.54) is 0 Å². The molecule has 2 unspecified atom stereocenters. The highest BCUT2D eigenvalue weighted by Crippen LogP contribution is 2.22. The first kappa shape index (κ1) is 14.7. The van der Waals surface area contributed by atoms with E-state index in [0.29, 0.717) is 11.0 Å². The molecule has 104 valence electrons. The average molecular weight is 299 g/mol. The van der Waals surface area contributed by atoms with Crippen LogP contribution in [0.15, 0.2) is 18.2 Å². The number of nitrogens with two attached hydrogens (primary N) is 1. The molecule has 1 aliphatic rings. The number of hydrogen-bond donors (Lipinski definition) is 1. The maximum absolute atomic E-state index is 6.30. The highest BCUT2D eigenvalue weighted by atomic mass is 35.5. The van der Waals surface area contributed by atoms with Gasteiger partial charge >= 0.3 is 0 Å². The minimum absolute atomic E-state index is 0.269. The van der Waals surface area contributed by atoms with Crippen LogP contribution >= 0.6 is 23.8 Å². The summed E-state index contributed by atoms with van der Waals surface area (Å²) in [7, 11) is 0. The minimum atomic E-state index is 0.269. The summed E-state index contributed by atoms with van der Waals surface area (Å²) in [6.07, 6.45) is 0.269. The summed E-state index contributed by atoms with van der Waals surface area (Å²) in [5.41, 5.74) is 7.51. The van der Waals surface area contributed by atoms with Crippen molar-refractivity contribution in [3.63, 3.8) is 0 Å². The molecule has 0 aromatic heterocycles. The Bertz CT molecular complexity index is 481. The molecule has 0 saturated carbocycles. The molecule has 0 radical (unpaired) electrons. The molecule has 0 bridgehead atoms. The van der Waals surface area contributed by atoms with E-state index >= 15 is 0 Å². The van der Waals surface area contributed by atoms with Crippen LogP contribution in [0.5, 0.6) is 0 Å². The molecular formula is C14H19ClN2OS. The van der Waals surface area contributed by atoms with Crippen molar-refractivity contribution in [2.75, 3.05) is 13.2 Å². The van der Waals surface area contributed by atoms with Crippen LogP contribution in [0.25, 0.3) is 0 Å². The molecule has 0 spiro atoms. The van der Waals surface area contributed by atoms with Gasteiger partial charge in [0.2, 0.25) is 0 Å². The fraction of sp³-hybridized carbons (Fsp3) is 0.500. The van der Waals surface area contributed by atoms with Crippen LogP contribution in [0, 0.1) is 0 Å². The van der Waals surface area contributed by atoms with Crippen molar-refractivity contribution < 1.29 is 4.74 Å². The monoisotopic (exact) mass is 298 g/mol. The van der Waals surface area contributed by atoms with Crippen molar-refractivity contribution in [2.24, 2.45) is 5.73 Å². The van der Waals surface area contributed by atoms with Crippen molar-refractivity contribution in [1.29, 1.82) is 0 Å². The van der Waals surface area contributed by atoms with E-state index in [-0.39, 0.29) is 6.10 Å². The molecule has 1 aliphatic heterocycles.